The highest BCUT2D eigenvalue weighted by Gasteiger charge is 2.24. The molecule has 6 nitrogen and oxygen atoms in total. The van der Waals surface area contributed by atoms with E-state index in [1.54, 1.807) is 0 Å². The largest absolute Gasteiger partial charge is 0.488 e. The second-order valence-corrected chi connectivity index (χ2v) is 5.25. The zero-order chi connectivity index (χ0) is 13.4. The average Bonchev–Trinajstić information content (AvgIpc) is 3.23. The van der Waals surface area contributed by atoms with Crippen molar-refractivity contribution in [1.82, 2.24) is 15.0 Å². The maximum absolute atomic E-state index is 5.78. The maximum atomic E-state index is 5.78. The standard InChI is InChI=1S/C14H17N3O3/c1-2-7-18-13(6-1)17-11-4-3-5-12(14(11)15-16-17)20-9-10-8-19-10/h3-5,10,13H,1-2,6-9H2/t10?,13-/m0/s1. The lowest BCUT2D eigenvalue weighted by Crippen LogP contribution is -2.19. The molecular weight excluding hydrogens is 258 g/mol. The van der Waals surface area contributed by atoms with E-state index in [-0.39, 0.29) is 12.3 Å². The average molecular weight is 275 g/mol. The molecule has 2 aliphatic heterocycles. The van der Waals surface area contributed by atoms with E-state index in [1.165, 1.54) is 6.42 Å². The molecule has 1 unspecified atom stereocenters. The number of fused-ring (bicyclic) bond motifs is 1. The molecule has 2 aromatic rings. The van der Waals surface area contributed by atoms with Gasteiger partial charge in [0.15, 0.2) is 11.7 Å². The molecule has 20 heavy (non-hydrogen) atoms. The van der Waals surface area contributed by atoms with E-state index in [0.717, 1.165) is 42.8 Å². The number of epoxide rings is 1. The van der Waals surface area contributed by atoms with Gasteiger partial charge in [0.2, 0.25) is 0 Å². The summed E-state index contributed by atoms with van der Waals surface area (Å²) in [4.78, 5) is 0. The number of ether oxygens (including phenoxy) is 3. The SMILES string of the molecule is c1cc(OCC2CO2)c2nnn([C@@H]3CCCCO3)c2c1. The topological polar surface area (TPSA) is 61.7 Å². The van der Waals surface area contributed by atoms with Crippen molar-refractivity contribution in [2.75, 3.05) is 19.8 Å². The molecule has 0 radical (unpaired) electrons. The van der Waals surface area contributed by atoms with Crippen molar-refractivity contribution in [3.05, 3.63) is 18.2 Å². The molecule has 2 atom stereocenters. The van der Waals surface area contributed by atoms with Crippen molar-refractivity contribution in [3.63, 3.8) is 0 Å². The van der Waals surface area contributed by atoms with E-state index < -0.39 is 0 Å². The van der Waals surface area contributed by atoms with Gasteiger partial charge in [0, 0.05) is 6.61 Å². The molecule has 1 aromatic carbocycles. The van der Waals surface area contributed by atoms with E-state index >= 15 is 0 Å². The van der Waals surface area contributed by atoms with Gasteiger partial charge in [-0.3, -0.25) is 0 Å². The van der Waals surface area contributed by atoms with Crippen LogP contribution in [0.25, 0.3) is 11.0 Å². The Kier molecular flexibility index (Phi) is 3.05. The van der Waals surface area contributed by atoms with Gasteiger partial charge < -0.3 is 14.2 Å². The van der Waals surface area contributed by atoms with Gasteiger partial charge >= 0.3 is 0 Å². The predicted octanol–water partition coefficient (Wildman–Crippen LogP) is 1.91. The molecule has 0 spiro atoms. The van der Waals surface area contributed by atoms with Crippen LogP contribution in [0.5, 0.6) is 5.75 Å². The van der Waals surface area contributed by atoms with Crippen molar-refractivity contribution < 1.29 is 14.2 Å². The molecule has 3 heterocycles. The molecule has 0 saturated carbocycles. The normalized spacial score (nSPS) is 25.8. The Morgan fingerprint density at radius 2 is 2.25 bits per heavy atom. The summed E-state index contributed by atoms with van der Waals surface area (Å²) in [7, 11) is 0. The van der Waals surface area contributed by atoms with E-state index in [2.05, 4.69) is 10.3 Å². The van der Waals surface area contributed by atoms with Crippen molar-refractivity contribution >= 4 is 11.0 Å². The summed E-state index contributed by atoms with van der Waals surface area (Å²) in [5, 5.41) is 8.51. The first-order valence-corrected chi connectivity index (χ1v) is 7.12. The first-order chi connectivity index (χ1) is 9.92. The fourth-order valence-corrected chi connectivity index (χ4v) is 2.53. The minimum atomic E-state index is -0.00392. The van der Waals surface area contributed by atoms with Crippen LogP contribution in [0.3, 0.4) is 0 Å². The predicted molar refractivity (Wildman–Crippen MR) is 71.6 cm³/mol. The van der Waals surface area contributed by atoms with Gasteiger partial charge in [-0.1, -0.05) is 11.3 Å². The fraction of sp³-hybridized carbons (Fsp3) is 0.571. The lowest BCUT2D eigenvalue weighted by atomic mass is 10.2. The Balaban J connectivity index is 1.63. The van der Waals surface area contributed by atoms with Crippen LogP contribution in [-0.2, 0) is 9.47 Å². The van der Waals surface area contributed by atoms with Crippen molar-refractivity contribution in [1.29, 1.82) is 0 Å². The molecule has 0 amide bonds. The van der Waals surface area contributed by atoms with E-state index in [1.807, 2.05) is 22.9 Å². The van der Waals surface area contributed by atoms with Crippen LogP contribution in [0.4, 0.5) is 0 Å². The van der Waals surface area contributed by atoms with Gasteiger partial charge in [-0.15, -0.1) is 5.10 Å². The summed E-state index contributed by atoms with van der Waals surface area (Å²) in [5.74, 6) is 0.764. The summed E-state index contributed by atoms with van der Waals surface area (Å²) >= 11 is 0. The summed E-state index contributed by atoms with van der Waals surface area (Å²) in [6, 6.07) is 5.90. The van der Waals surface area contributed by atoms with Crippen LogP contribution < -0.4 is 4.74 Å². The third kappa shape index (κ3) is 2.25. The molecule has 1 aromatic heterocycles. The molecule has 2 aliphatic rings. The van der Waals surface area contributed by atoms with E-state index in [9.17, 15) is 0 Å². The fourth-order valence-electron chi connectivity index (χ4n) is 2.53. The highest BCUT2D eigenvalue weighted by molar-refractivity contribution is 5.81. The number of aromatic nitrogens is 3. The number of rotatable bonds is 4. The minimum Gasteiger partial charge on any atom is -0.488 e. The summed E-state index contributed by atoms with van der Waals surface area (Å²) in [6.45, 7) is 2.16. The molecular formula is C14H17N3O3. The number of hydrogen-bond donors (Lipinski definition) is 0. The van der Waals surface area contributed by atoms with Crippen LogP contribution in [0.1, 0.15) is 25.5 Å². The highest BCUT2D eigenvalue weighted by atomic mass is 16.6. The smallest absolute Gasteiger partial charge is 0.155 e. The third-order valence-corrected chi connectivity index (χ3v) is 3.72. The zero-order valence-electron chi connectivity index (χ0n) is 11.2. The molecule has 6 heteroatoms. The lowest BCUT2D eigenvalue weighted by Gasteiger charge is -2.22. The molecule has 0 N–H and O–H groups in total. The highest BCUT2D eigenvalue weighted by Crippen LogP contribution is 2.29. The van der Waals surface area contributed by atoms with Crippen LogP contribution in [0, 0.1) is 0 Å². The number of benzene rings is 1. The lowest BCUT2D eigenvalue weighted by molar-refractivity contribution is -0.0377. The molecule has 0 bridgehead atoms. The Morgan fingerprint density at radius 1 is 1.30 bits per heavy atom. The minimum absolute atomic E-state index is 0.00392. The molecule has 0 aliphatic carbocycles. The van der Waals surface area contributed by atoms with Gasteiger partial charge in [-0.05, 0) is 31.4 Å². The first kappa shape index (κ1) is 12.1. The third-order valence-electron chi connectivity index (χ3n) is 3.72. The van der Waals surface area contributed by atoms with E-state index in [0.29, 0.717) is 6.61 Å². The van der Waals surface area contributed by atoms with Crippen molar-refractivity contribution in [3.8, 4) is 5.75 Å². The van der Waals surface area contributed by atoms with Gasteiger partial charge in [0.1, 0.15) is 18.5 Å². The number of nitrogens with zero attached hydrogens (tertiary/aromatic N) is 3. The van der Waals surface area contributed by atoms with Crippen LogP contribution in [0.2, 0.25) is 0 Å². The summed E-state index contributed by atoms with van der Waals surface area (Å²) in [5.41, 5.74) is 1.76. The quantitative estimate of drug-likeness (QED) is 0.798. The van der Waals surface area contributed by atoms with Crippen LogP contribution >= 0.6 is 0 Å². The Hall–Kier alpha value is -1.66. The maximum Gasteiger partial charge on any atom is 0.155 e. The van der Waals surface area contributed by atoms with Gasteiger partial charge in [0.25, 0.3) is 0 Å². The summed E-state index contributed by atoms with van der Waals surface area (Å²) < 4.78 is 18.6. The van der Waals surface area contributed by atoms with Crippen LogP contribution in [-0.4, -0.2) is 40.9 Å². The van der Waals surface area contributed by atoms with Crippen molar-refractivity contribution in [2.45, 2.75) is 31.6 Å². The van der Waals surface area contributed by atoms with Crippen LogP contribution in [0.15, 0.2) is 18.2 Å². The Labute approximate surface area is 116 Å². The van der Waals surface area contributed by atoms with Crippen molar-refractivity contribution in [2.24, 2.45) is 0 Å². The monoisotopic (exact) mass is 275 g/mol. The second-order valence-electron chi connectivity index (χ2n) is 5.25. The molecule has 106 valence electrons. The van der Waals surface area contributed by atoms with E-state index in [4.69, 9.17) is 14.2 Å². The molecule has 4 rings (SSSR count). The Morgan fingerprint density at radius 3 is 3.05 bits per heavy atom. The molecule has 2 saturated heterocycles. The molecule has 2 fully saturated rings. The van der Waals surface area contributed by atoms with Gasteiger partial charge in [0.05, 0.1) is 12.1 Å². The first-order valence-electron chi connectivity index (χ1n) is 7.12. The zero-order valence-corrected chi connectivity index (χ0v) is 11.2. The summed E-state index contributed by atoms with van der Waals surface area (Å²) in [6.07, 6.45) is 3.51. The van der Waals surface area contributed by atoms with Gasteiger partial charge in [-0.2, -0.15) is 0 Å². The van der Waals surface area contributed by atoms with Gasteiger partial charge in [-0.25, -0.2) is 4.68 Å². The number of hydrogen-bond acceptors (Lipinski definition) is 5. The second kappa shape index (κ2) is 5.03. The Bertz CT molecular complexity index is 603.